The fourth-order valence-corrected chi connectivity index (χ4v) is 3.85. The number of rotatable bonds is 6. The summed E-state index contributed by atoms with van der Waals surface area (Å²) in [6, 6.07) is 6.59. The lowest BCUT2D eigenvalue weighted by molar-refractivity contribution is 0.0926. The normalized spacial score (nSPS) is 18.9. The first-order chi connectivity index (χ1) is 13.9. The molecule has 0 saturated heterocycles. The minimum Gasteiger partial charge on any atom is -0.375 e. The summed E-state index contributed by atoms with van der Waals surface area (Å²) in [7, 11) is 2.08. The zero-order chi connectivity index (χ0) is 21.0. The van der Waals surface area contributed by atoms with E-state index in [4.69, 9.17) is 11.6 Å². The summed E-state index contributed by atoms with van der Waals surface area (Å²) in [5.74, 6) is 0.155. The Labute approximate surface area is 176 Å². The highest BCUT2D eigenvalue weighted by atomic mass is 35.5. The Bertz CT molecular complexity index is 868. The molecule has 1 aromatic heterocycles. The first-order valence-electron chi connectivity index (χ1n) is 10.1. The molecule has 1 fully saturated rings. The average molecular weight is 419 g/mol. The van der Waals surface area contributed by atoms with E-state index in [1.807, 2.05) is 6.20 Å². The zero-order valence-electron chi connectivity index (χ0n) is 17.1. The molecule has 2 N–H and O–H groups in total. The summed E-state index contributed by atoms with van der Waals surface area (Å²) in [6.07, 6.45) is 5.56. The molecule has 1 aliphatic carbocycles. The summed E-state index contributed by atoms with van der Waals surface area (Å²) in [5.41, 5.74) is 2.73. The Morgan fingerprint density at radius 1 is 1.24 bits per heavy atom. The number of halogens is 2. The number of nitrogens with one attached hydrogen (secondary N) is 2. The van der Waals surface area contributed by atoms with Gasteiger partial charge in [-0.25, -0.2) is 9.37 Å². The van der Waals surface area contributed by atoms with Crippen molar-refractivity contribution in [2.45, 2.75) is 51.6 Å². The van der Waals surface area contributed by atoms with Crippen LogP contribution in [0.15, 0.2) is 30.5 Å². The molecule has 1 amide bonds. The lowest BCUT2D eigenvalue weighted by atomic mass is 9.91. The smallest absolute Gasteiger partial charge is 0.251 e. The van der Waals surface area contributed by atoms with Crippen LogP contribution in [0.3, 0.4) is 0 Å². The SMILES string of the molecule is CCN(C)c1cc(NC2CCC(NC(=O)c3ccc(F)c(Cl)c3)CC2)ncc1C. The number of benzene rings is 1. The number of hydrogen-bond donors (Lipinski definition) is 2. The van der Waals surface area contributed by atoms with E-state index in [2.05, 4.69) is 47.5 Å². The van der Waals surface area contributed by atoms with Crippen molar-refractivity contribution in [2.24, 2.45) is 0 Å². The molecule has 2 aromatic rings. The van der Waals surface area contributed by atoms with Crippen LogP contribution in [-0.2, 0) is 0 Å². The number of carbonyl (C=O) groups is 1. The molecule has 1 heterocycles. The van der Waals surface area contributed by atoms with Gasteiger partial charge in [0.1, 0.15) is 11.6 Å². The van der Waals surface area contributed by atoms with Gasteiger partial charge in [-0.15, -0.1) is 0 Å². The van der Waals surface area contributed by atoms with Gasteiger partial charge in [-0.3, -0.25) is 4.79 Å². The van der Waals surface area contributed by atoms with Gasteiger partial charge in [0.05, 0.1) is 5.02 Å². The van der Waals surface area contributed by atoms with Crippen LogP contribution in [0.1, 0.15) is 48.5 Å². The lowest BCUT2D eigenvalue weighted by Crippen LogP contribution is -2.40. The van der Waals surface area contributed by atoms with Crippen molar-refractivity contribution in [3.63, 3.8) is 0 Å². The Morgan fingerprint density at radius 3 is 2.59 bits per heavy atom. The Hall–Kier alpha value is -2.34. The summed E-state index contributed by atoms with van der Waals surface area (Å²) in [6.45, 7) is 5.14. The molecule has 29 heavy (non-hydrogen) atoms. The number of carbonyl (C=O) groups excluding carboxylic acids is 1. The van der Waals surface area contributed by atoms with E-state index in [0.717, 1.165) is 43.6 Å². The summed E-state index contributed by atoms with van der Waals surface area (Å²) >= 11 is 5.77. The quantitative estimate of drug-likeness (QED) is 0.708. The first-order valence-corrected chi connectivity index (χ1v) is 10.5. The molecular weight excluding hydrogens is 391 g/mol. The molecule has 5 nitrogen and oxygen atoms in total. The van der Waals surface area contributed by atoms with E-state index in [-0.39, 0.29) is 17.0 Å². The number of pyridine rings is 1. The molecular formula is C22H28ClFN4O. The Kier molecular flexibility index (Phi) is 6.96. The third-order valence-electron chi connectivity index (χ3n) is 5.56. The van der Waals surface area contributed by atoms with Crippen LogP contribution in [0.4, 0.5) is 15.9 Å². The van der Waals surface area contributed by atoms with E-state index >= 15 is 0 Å². The highest BCUT2D eigenvalue weighted by Crippen LogP contribution is 2.26. The highest BCUT2D eigenvalue weighted by Gasteiger charge is 2.23. The van der Waals surface area contributed by atoms with Gasteiger partial charge in [0.2, 0.25) is 0 Å². The summed E-state index contributed by atoms with van der Waals surface area (Å²) in [5, 5.41) is 6.53. The van der Waals surface area contributed by atoms with Gasteiger partial charge in [-0.05, 0) is 63.3 Å². The fraction of sp³-hybridized carbons (Fsp3) is 0.455. The van der Waals surface area contributed by atoms with Gasteiger partial charge in [-0.2, -0.15) is 0 Å². The van der Waals surface area contributed by atoms with Crippen LogP contribution in [-0.4, -0.2) is 36.6 Å². The van der Waals surface area contributed by atoms with Crippen molar-refractivity contribution in [1.29, 1.82) is 0 Å². The van der Waals surface area contributed by atoms with Crippen molar-refractivity contribution >= 4 is 29.0 Å². The number of amides is 1. The molecule has 0 spiro atoms. The van der Waals surface area contributed by atoms with E-state index < -0.39 is 5.82 Å². The van der Waals surface area contributed by atoms with Crippen molar-refractivity contribution in [2.75, 3.05) is 23.8 Å². The molecule has 1 aromatic carbocycles. The highest BCUT2D eigenvalue weighted by molar-refractivity contribution is 6.31. The second kappa shape index (κ2) is 9.44. The first kappa shape index (κ1) is 21.4. The molecule has 0 bridgehead atoms. The molecule has 0 unspecified atom stereocenters. The van der Waals surface area contributed by atoms with E-state index in [9.17, 15) is 9.18 Å². The zero-order valence-corrected chi connectivity index (χ0v) is 17.9. The fourth-order valence-electron chi connectivity index (χ4n) is 3.67. The summed E-state index contributed by atoms with van der Waals surface area (Å²) < 4.78 is 13.3. The van der Waals surface area contributed by atoms with Crippen LogP contribution in [0.2, 0.25) is 5.02 Å². The molecule has 0 radical (unpaired) electrons. The number of nitrogens with zero attached hydrogens (tertiary/aromatic N) is 2. The average Bonchev–Trinajstić information content (AvgIpc) is 2.72. The van der Waals surface area contributed by atoms with Crippen LogP contribution < -0.4 is 15.5 Å². The van der Waals surface area contributed by atoms with E-state index in [1.165, 1.54) is 23.9 Å². The maximum atomic E-state index is 13.3. The number of hydrogen-bond acceptors (Lipinski definition) is 4. The second-order valence-corrected chi connectivity index (χ2v) is 8.07. The van der Waals surface area contributed by atoms with Crippen LogP contribution >= 0.6 is 11.6 Å². The predicted molar refractivity (Wildman–Crippen MR) is 116 cm³/mol. The Balaban J connectivity index is 1.53. The van der Waals surface area contributed by atoms with Gasteiger partial charge in [-0.1, -0.05) is 11.6 Å². The third kappa shape index (κ3) is 5.38. The minimum atomic E-state index is -0.521. The molecule has 156 valence electrons. The molecule has 3 rings (SSSR count). The minimum absolute atomic E-state index is 0.0377. The number of aryl methyl sites for hydroxylation is 1. The Morgan fingerprint density at radius 2 is 1.93 bits per heavy atom. The van der Waals surface area contributed by atoms with Crippen molar-refractivity contribution < 1.29 is 9.18 Å². The van der Waals surface area contributed by atoms with Gasteiger partial charge in [0, 0.05) is 49.2 Å². The molecule has 1 aliphatic rings. The van der Waals surface area contributed by atoms with Gasteiger partial charge in [0.15, 0.2) is 0 Å². The number of aromatic nitrogens is 1. The summed E-state index contributed by atoms with van der Waals surface area (Å²) in [4.78, 5) is 19.1. The van der Waals surface area contributed by atoms with Crippen LogP contribution in [0.25, 0.3) is 0 Å². The van der Waals surface area contributed by atoms with Crippen molar-refractivity contribution in [3.8, 4) is 0 Å². The monoisotopic (exact) mass is 418 g/mol. The van der Waals surface area contributed by atoms with E-state index in [1.54, 1.807) is 0 Å². The lowest BCUT2D eigenvalue weighted by Gasteiger charge is -2.30. The van der Waals surface area contributed by atoms with Crippen LogP contribution in [0.5, 0.6) is 0 Å². The molecule has 0 atom stereocenters. The van der Waals surface area contributed by atoms with Gasteiger partial charge in [0.25, 0.3) is 5.91 Å². The van der Waals surface area contributed by atoms with Crippen LogP contribution in [0, 0.1) is 12.7 Å². The number of anilines is 2. The molecule has 0 aliphatic heterocycles. The van der Waals surface area contributed by atoms with Gasteiger partial charge >= 0.3 is 0 Å². The van der Waals surface area contributed by atoms with E-state index in [0.29, 0.717) is 11.6 Å². The van der Waals surface area contributed by atoms with Gasteiger partial charge < -0.3 is 15.5 Å². The standard InChI is InChI=1S/C22H28ClFN4O/c1-4-28(3)20-12-21(25-13-14(20)2)26-16-6-8-17(9-7-16)27-22(29)15-5-10-19(24)18(23)11-15/h5,10-13,16-17H,4,6-9H2,1-3H3,(H,25,26)(H,27,29). The maximum absolute atomic E-state index is 13.3. The van der Waals surface area contributed by atoms with Crippen molar-refractivity contribution in [3.05, 3.63) is 52.4 Å². The second-order valence-electron chi connectivity index (χ2n) is 7.67. The topological polar surface area (TPSA) is 57.3 Å². The largest absolute Gasteiger partial charge is 0.375 e. The van der Waals surface area contributed by atoms with Crippen molar-refractivity contribution in [1.82, 2.24) is 10.3 Å². The predicted octanol–water partition coefficient (Wildman–Crippen LogP) is 4.79. The molecule has 1 saturated carbocycles. The maximum Gasteiger partial charge on any atom is 0.251 e. The molecule has 7 heteroatoms. The third-order valence-corrected chi connectivity index (χ3v) is 5.85.